The Hall–Kier alpha value is -1.71. The second-order valence-electron chi connectivity index (χ2n) is 5.64. The van der Waals surface area contributed by atoms with E-state index >= 15 is 0 Å². The lowest BCUT2D eigenvalue weighted by atomic mass is 9.86. The smallest absolute Gasteiger partial charge is 0.251 e. The first-order valence-corrected chi connectivity index (χ1v) is 7.77. The fourth-order valence-electron chi connectivity index (χ4n) is 2.87. The molecule has 1 aliphatic carbocycles. The van der Waals surface area contributed by atoms with E-state index in [2.05, 4.69) is 12.2 Å². The predicted molar refractivity (Wildman–Crippen MR) is 83.0 cm³/mol. The van der Waals surface area contributed by atoms with E-state index in [1.165, 1.54) is 19.3 Å². The third kappa shape index (κ3) is 3.90. The van der Waals surface area contributed by atoms with Gasteiger partial charge in [0, 0.05) is 11.6 Å². The molecule has 0 saturated heterocycles. The van der Waals surface area contributed by atoms with Gasteiger partial charge in [-0.05, 0) is 43.9 Å². The molecule has 0 aliphatic heterocycles. The molecule has 1 fully saturated rings. The van der Waals surface area contributed by atoms with Crippen molar-refractivity contribution in [3.05, 3.63) is 23.8 Å². The summed E-state index contributed by atoms with van der Waals surface area (Å²) < 4.78 is 10.8. The topological polar surface area (TPSA) is 47.6 Å². The largest absolute Gasteiger partial charge is 0.493 e. The van der Waals surface area contributed by atoms with Gasteiger partial charge in [0.05, 0.1) is 13.7 Å². The van der Waals surface area contributed by atoms with Crippen LogP contribution in [-0.4, -0.2) is 25.7 Å². The van der Waals surface area contributed by atoms with E-state index in [-0.39, 0.29) is 11.9 Å². The molecule has 116 valence electrons. The van der Waals surface area contributed by atoms with Crippen molar-refractivity contribution >= 4 is 5.91 Å². The van der Waals surface area contributed by atoms with E-state index in [0.29, 0.717) is 29.6 Å². The van der Waals surface area contributed by atoms with Crippen LogP contribution in [0.4, 0.5) is 0 Å². The number of amides is 1. The maximum Gasteiger partial charge on any atom is 0.251 e. The fraction of sp³-hybridized carbons (Fsp3) is 0.588. The molecule has 1 saturated carbocycles. The Balaban J connectivity index is 2.09. The summed E-state index contributed by atoms with van der Waals surface area (Å²) in [5.74, 6) is 1.79. The van der Waals surface area contributed by atoms with E-state index < -0.39 is 0 Å². The van der Waals surface area contributed by atoms with Gasteiger partial charge in [0.2, 0.25) is 0 Å². The van der Waals surface area contributed by atoms with Gasteiger partial charge in [-0.2, -0.15) is 0 Å². The average Bonchev–Trinajstić information content (AvgIpc) is 2.50. The normalized spacial score (nSPS) is 21.7. The SMILES string of the molecule is CCOc1cc(C(=O)N[C@H]2CCCC[C@@H]2C)ccc1OC. The molecule has 1 aromatic carbocycles. The molecule has 0 aromatic heterocycles. The van der Waals surface area contributed by atoms with Crippen LogP contribution in [0.1, 0.15) is 49.9 Å². The molecule has 4 nitrogen and oxygen atoms in total. The van der Waals surface area contributed by atoms with Gasteiger partial charge in [-0.25, -0.2) is 0 Å². The van der Waals surface area contributed by atoms with Crippen molar-refractivity contribution in [1.29, 1.82) is 0 Å². The molecule has 4 heteroatoms. The Bertz CT molecular complexity index is 487. The van der Waals surface area contributed by atoms with Crippen LogP contribution in [0.5, 0.6) is 11.5 Å². The number of nitrogens with one attached hydrogen (secondary N) is 1. The van der Waals surface area contributed by atoms with Crippen LogP contribution < -0.4 is 14.8 Å². The Morgan fingerprint density at radius 3 is 2.71 bits per heavy atom. The van der Waals surface area contributed by atoms with E-state index in [1.54, 1.807) is 25.3 Å². The molecule has 0 spiro atoms. The number of methoxy groups -OCH3 is 1. The minimum Gasteiger partial charge on any atom is -0.493 e. The summed E-state index contributed by atoms with van der Waals surface area (Å²) in [5, 5.41) is 3.16. The number of benzene rings is 1. The summed E-state index contributed by atoms with van der Waals surface area (Å²) in [7, 11) is 1.60. The van der Waals surface area contributed by atoms with Crippen LogP contribution in [0.25, 0.3) is 0 Å². The van der Waals surface area contributed by atoms with Crippen LogP contribution in [0.2, 0.25) is 0 Å². The third-order valence-corrected chi connectivity index (χ3v) is 4.15. The van der Waals surface area contributed by atoms with Crippen molar-refractivity contribution in [3.8, 4) is 11.5 Å². The predicted octanol–water partition coefficient (Wildman–Crippen LogP) is 3.40. The van der Waals surface area contributed by atoms with Gasteiger partial charge < -0.3 is 14.8 Å². The zero-order valence-electron chi connectivity index (χ0n) is 13.1. The van der Waals surface area contributed by atoms with Gasteiger partial charge in [0.15, 0.2) is 11.5 Å². The number of hydrogen-bond acceptors (Lipinski definition) is 3. The molecule has 21 heavy (non-hydrogen) atoms. The minimum atomic E-state index is -0.0302. The Labute approximate surface area is 126 Å². The molecular formula is C17H25NO3. The summed E-state index contributed by atoms with van der Waals surface area (Å²) in [6, 6.07) is 5.60. The third-order valence-electron chi connectivity index (χ3n) is 4.15. The van der Waals surface area contributed by atoms with Crippen LogP contribution in [-0.2, 0) is 0 Å². The first kappa shape index (κ1) is 15.7. The Morgan fingerprint density at radius 2 is 2.05 bits per heavy atom. The summed E-state index contributed by atoms with van der Waals surface area (Å²) in [4.78, 5) is 12.4. The highest BCUT2D eigenvalue weighted by Crippen LogP contribution is 2.29. The van der Waals surface area contributed by atoms with Crippen LogP contribution >= 0.6 is 0 Å². The van der Waals surface area contributed by atoms with Crippen molar-refractivity contribution in [2.75, 3.05) is 13.7 Å². The first-order valence-electron chi connectivity index (χ1n) is 7.77. The quantitative estimate of drug-likeness (QED) is 0.904. The molecule has 0 unspecified atom stereocenters. The molecule has 1 aliphatic rings. The van der Waals surface area contributed by atoms with Crippen molar-refractivity contribution in [3.63, 3.8) is 0 Å². The number of hydrogen-bond donors (Lipinski definition) is 1. The van der Waals surface area contributed by atoms with Gasteiger partial charge >= 0.3 is 0 Å². The first-order chi connectivity index (χ1) is 10.2. The molecular weight excluding hydrogens is 266 g/mol. The molecule has 1 aromatic rings. The lowest BCUT2D eigenvalue weighted by Crippen LogP contribution is -2.41. The van der Waals surface area contributed by atoms with E-state index in [9.17, 15) is 4.79 Å². The zero-order chi connectivity index (χ0) is 15.2. The van der Waals surface area contributed by atoms with Crippen molar-refractivity contribution in [1.82, 2.24) is 5.32 Å². The maximum absolute atomic E-state index is 12.4. The van der Waals surface area contributed by atoms with Crippen LogP contribution in [0.3, 0.4) is 0 Å². The van der Waals surface area contributed by atoms with Crippen molar-refractivity contribution in [2.24, 2.45) is 5.92 Å². The second kappa shape index (κ2) is 7.34. The summed E-state index contributed by atoms with van der Waals surface area (Å²) in [6.07, 6.45) is 4.73. The van der Waals surface area contributed by atoms with E-state index in [1.807, 2.05) is 6.92 Å². The molecule has 1 amide bonds. The Morgan fingerprint density at radius 1 is 1.29 bits per heavy atom. The maximum atomic E-state index is 12.4. The van der Waals surface area contributed by atoms with Crippen molar-refractivity contribution in [2.45, 2.75) is 45.6 Å². The fourth-order valence-corrected chi connectivity index (χ4v) is 2.87. The zero-order valence-corrected chi connectivity index (χ0v) is 13.1. The van der Waals surface area contributed by atoms with Crippen LogP contribution in [0.15, 0.2) is 18.2 Å². The lowest BCUT2D eigenvalue weighted by Gasteiger charge is -2.29. The summed E-state index contributed by atoms with van der Waals surface area (Å²) in [6.45, 7) is 4.67. The van der Waals surface area contributed by atoms with Gasteiger partial charge in [0.1, 0.15) is 0 Å². The highest BCUT2D eigenvalue weighted by atomic mass is 16.5. The standard InChI is InChI=1S/C17H25NO3/c1-4-21-16-11-13(9-10-15(16)20-3)17(19)18-14-8-6-5-7-12(14)2/h9-12,14H,4-8H2,1-3H3,(H,18,19)/t12-,14-/m0/s1. The van der Waals surface area contributed by atoms with Crippen molar-refractivity contribution < 1.29 is 14.3 Å². The lowest BCUT2D eigenvalue weighted by molar-refractivity contribution is 0.0909. The molecule has 0 heterocycles. The van der Waals surface area contributed by atoms with E-state index in [4.69, 9.17) is 9.47 Å². The monoisotopic (exact) mass is 291 g/mol. The minimum absolute atomic E-state index is 0.0302. The number of ether oxygens (including phenoxy) is 2. The Kier molecular flexibility index (Phi) is 5.48. The average molecular weight is 291 g/mol. The second-order valence-corrected chi connectivity index (χ2v) is 5.64. The van der Waals surface area contributed by atoms with Crippen LogP contribution in [0, 0.1) is 5.92 Å². The van der Waals surface area contributed by atoms with Gasteiger partial charge in [-0.15, -0.1) is 0 Å². The molecule has 1 N–H and O–H groups in total. The molecule has 2 atom stereocenters. The summed E-state index contributed by atoms with van der Waals surface area (Å²) >= 11 is 0. The highest BCUT2D eigenvalue weighted by Gasteiger charge is 2.23. The number of carbonyl (C=O) groups excluding carboxylic acids is 1. The molecule has 0 radical (unpaired) electrons. The molecule has 2 rings (SSSR count). The molecule has 0 bridgehead atoms. The van der Waals surface area contributed by atoms with E-state index in [0.717, 1.165) is 6.42 Å². The number of rotatable bonds is 5. The van der Waals surface area contributed by atoms with Gasteiger partial charge in [-0.3, -0.25) is 4.79 Å². The summed E-state index contributed by atoms with van der Waals surface area (Å²) in [5.41, 5.74) is 0.622. The highest BCUT2D eigenvalue weighted by molar-refractivity contribution is 5.95. The van der Waals surface area contributed by atoms with Gasteiger partial charge in [-0.1, -0.05) is 19.8 Å². The number of carbonyl (C=O) groups is 1. The van der Waals surface area contributed by atoms with Gasteiger partial charge in [0.25, 0.3) is 5.91 Å².